The second-order valence-electron chi connectivity index (χ2n) is 3.40. The van der Waals surface area contributed by atoms with Crippen LogP contribution in [0.15, 0.2) is 24.3 Å². The first kappa shape index (κ1) is 13.3. The van der Waals surface area contributed by atoms with Gasteiger partial charge in [0.2, 0.25) is 0 Å². The average Bonchev–Trinajstić information content (AvgIpc) is 2.33. The SMILES string of the molecule is CCC(Oc1cccc(OCCO)c1)C(=O)O. The first-order chi connectivity index (χ1) is 8.17. The maximum Gasteiger partial charge on any atom is 0.344 e. The van der Waals surface area contributed by atoms with Gasteiger partial charge < -0.3 is 19.7 Å². The molecule has 0 aromatic heterocycles. The molecule has 17 heavy (non-hydrogen) atoms. The first-order valence-electron chi connectivity index (χ1n) is 5.40. The Hall–Kier alpha value is -1.75. The average molecular weight is 240 g/mol. The highest BCUT2D eigenvalue weighted by atomic mass is 16.5. The lowest BCUT2D eigenvalue weighted by atomic mass is 10.2. The van der Waals surface area contributed by atoms with Crippen LogP contribution in [0.3, 0.4) is 0 Å². The molecule has 1 atom stereocenters. The molecule has 0 bridgehead atoms. The number of carboxylic acid groups (broad SMARTS) is 1. The Balaban J connectivity index is 2.67. The Morgan fingerprint density at radius 1 is 1.41 bits per heavy atom. The Morgan fingerprint density at radius 3 is 2.71 bits per heavy atom. The highest BCUT2D eigenvalue weighted by Gasteiger charge is 2.16. The van der Waals surface area contributed by atoms with Crippen molar-refractivity contribution in [2.24, 2.45) is 0 Å². The van der Waals surface area contributed by atoms with E-state index in [0.717, 1.165) is 0 Å². The Morgan fingerprint density at radius 2 is 2.12 bits per heavy atom. The van der Waals surface area contributed by atoms with Crippen LogP contribution in [0.2, 0.25) is 0 Å². The van der Waals surface area contributed by atoms with Gasteiger partial charge in [0.1, 0.15) is 18.1 Å². The molecule has 0 heterocycles. The zero-order valence-corrected chi connectivity index (χ0v) is 9.63. The fraction of sp³-hybridized carbons (Fsp3) is 0.417. The summed E-state index contributed by atoms with van der Waals surface area (Å²) < 4.78 is 10.5. The molecule has 1 aromatic carbocycles. The second-order valence-corrected chi connectivity index (χ2v) is 3.40. The highest BCUT2D eigenvalue weighted by molar-refractivity contribution is 5.72. The maximum absolute atomic E-state index is 10.8. The van der Waals surface area contributed by atoms with Crippen molar-refractivity contribution in [1.82, 2.24) is 0 Å². The van der Waals surface area contributed by atoms with Gasteiger partial charge in [-0.25, -0.2) is 4.79 Å². The third kappa shape index (κ3) is 4.32. The van der Waals surface area contributed by atoms with Gasteiger partial charge in [-0.1, -0.05) is 13.0 Å². The molecule has 5 nitrogen and oxygen atoms in total. The largest absolute Gasteiger partial charge is 0.491 e. The summed E-state index contributed by atoms with van der Waals surface area (Å²) in [4.78, 5) is 10.8. The van der Waals surface area contributed by atoms with Crippen molar-refractivity contribution in [2.45, 2.75) is 19.4 Å². The van der Waals surface area contributed by atoms with Crippen LogP contribution in [0.25, 0.3) is 0 Å². The van der Waals surface area contributed by atoms with E-state index in [1.54, 1.807) is 31.2 Å². The van der Waals surface area contributed by atoms with Gasteiger partial charge in [0.15, 0.2) is 6.10 Å². The molecule has 2 N–H and O–H groups in total. The van der Waals surface area contributed by atoms with Gasteiger partial charge in [-0.3, -0.25) is 0 Å². The van der Waals surface area contributed by atoms with Crippen molar-refractivity contribution >= 4 is 5.97 Å². The third-order valence-corrected chi connectivity index (χ3v) is 2.09. The summed E-state index contributed by atoms with van der Waals surface area (Å²) >= 11 is 0. The molecule has 1 rings (SSSR count). The Labute approximate surface area is 99.6 Å². The van der Waals surface area contributed by atoms with E-state index in [4.69, 9.17) is 19.7 Å². The fourth-order valence-electron chi connectivity index (χ4n) is 1.27. The quantitative estimate of drug-likeness (QED) is 0.751. The number of hydrogen-bond acceptors (Lipinski definition) is 4. The van der Waals surface area contributed by atoms with Gasteiger partial charge in [-0.05, 0) is 18.6 Å². The summed E-state index contributed by atoms with van der Waals surface area (Å²) in [6, 6.07) is 6.68. The molecule has 0 aliphatic heterocycles. The minimum atomic E-state index is -0.992. The number of aliphatic hydroxyl groups excluding tert-OH is 1. The lowest BCUT2D eigenvalue weighted by molar-refractivity contribution is -0.145. The lowest BCUT2D eigenvalue weighted by Gasteiger charge is -2.14. The predicted molar refractivity (Wildman–Crippen MR) is 61.4 cm³/mol. The van der Waals surface area contributed by atoms with Crippen LogP contribution >= 0.6 is 0 Å². The molecule has 0 saturated carbocycles. The molecule has 0 aliphatic carbocycles. The van der Waals surface area contributed by atoms with Gasteiger partial charge in [0.25, 0.3) is 0 Å². The molecule has 94 valence electrons. The summed E-state index contributed by atoms with van der Waals surface area (Å²) in [5, 5.41) is 17.5. The van der Waals surface area contributed by atoms with Crippen LogP contribution in [0.1, 0.15) is 13.3 Å². The zero-order valence-electron chi connectivity index (χ0n) is 9.63. The van der Waals surface area contributed by atoms with Gasteiger partial charge in [-0.15, -0.1) is 0 Å². The van der Waals surface area contributed by atoms with Crippen molar-refractivity contribution in [3.63, 3.8) is 0 Å². The van der Waals surface area contributed by atoms with E-state index in [-0.39, 0.29) is 13.2 Å². The molecular formula is C12H16O5. The number of ether oxygens (including phenoxy) is 2. The van der Waals surface area contributed by atoms with Gasteiger partial charge >= 0.3 is 5.97 Å². The molecule has 1 aromatic rings. The number of carboxylic acids is 1. The Kier molecular flexibility index (Phi) is 5.29. The maximum atomic E-state index is 10.8. The molecule has 0 saturated heterocycles. The van der Waals surface area contributed by atoms with E-state index < -0.39 is 12.1 Å². The van der Waals surface area contributed by atoms with Crippen LogP contribution in [0, 0.1) is 0 Å². The van der Waals surface area contributed by atoms with E-state index >= 15 is 0 Å². The lowest BCUT2D eigenvalue weighted by Crippen LogP contribution is -2.25. The van der Waals surface area contributed by atoms with Gasteiger partial charge in [-0.2, -0.15) is 0 Å². The molecule has 5 heteroatoms. The third-order valence-electron chi connectivity index (χ3n) is 2.09. The van der Waals surface area contributed by atoms with Gasteiger partial charge in [0.05, 0.1) is 6.61 Å². The molecule has 0 amide bonds. The second kappa shape index (κ2) is 6.75. The molecule has 0 radical (unpaired) electrons. The van der Waals surface area contributed by atoms with Crippen molar-refractivity contribution in [2.75, 3.05) is 13.2 Å². The standard InChI is InChI=1S/C12H16O5/c1-2-11(12(14)15)17-10-5-3-4-9(8-10)16-7-6-13/h3-5,8,11,13H,2,6-7H2,1H3,(H,14,15). The van der Waals surface area contributed by atoms with E-state index in [0.29, 0.717) is 17.9 Å². The van der Waals surface area contributed by atoms with Gasteiger partial charge in [0, 0.05) is 6.07 Å². The number of aliphatic hydroxyl groups is 1. The minimum Gasteiger partial charge on any atom is -0.491 e. The van der Waals surface area contributed by atoms with Crippen molar-refractivity contribution in [1.29, 1.82) is 0 Å². The molecule has 0 aliphatic rings. The van der Waals surface area contributed by atoms with E-state index in [1.807, 2.05) is 0 Å². The normalized spacial score (nSPS) is 11.9. The summed E-state index contributed by atoms with van der Waals surface area (Å²) in [6.07, 6.45) is -0.472. The zero-order chi connectivity index (χ0) is 12.7. The Bertz CT molecular complexity index is 364. The monoisotopic (exact) mass is 240 g/mol. The highest BCUT2D eigenvalue weighted by Crippen LogP contribution is 2.21. The molecule has 1 unspecified atom stereocenters. The number of rotatable bonds is 7. The first-order valence-corrected chi connectivity index (χ1v) is 5.40. The molecular weight excluding hydrogens is 224 g/mol. The van der Waals surface area contributed by atoms with E-state index in [2.05, 4.69) is 0 Å². The number of hydrogen-bond donors (Lipinski definition) is 2. The summed E-state index contributed by atoms with van der Waals surface area (Å²) in [7, 11) is 0. The van der Waals surface area contributed by atoms with Crippen molar-refractivity contribution in [3.8, 4) is 11.5 Å². The minimum absolute atomic E-state index is 0.0716. The van der Waals surface area contributed by atoms with Crippen LogP contribution in [-0.2, 0) is 4.79 Å². The number of aliphatic carboxylic acids is 1. The van der Waals surface area contributed by atoms with E-state index in [1.165, 1.54) is 0 Å². The predicted octanol–water partition coefficient (Wildman–Crippen LogP) is 1.30. The number of benzene rings is 1. The van der Waals surface area contributed by atoms with Crippen molar-refractivity contribution < 1.29 is 24.5 Å². The fourth-order valence-corrected chi connectivity index (χ4v) is 1.27. The molecule has 0 fully saturated rings. The summed E-state index contributed by atoms with van der Waals surface area (Å²) in [5.41, 5.74) is 0. The summed E-state index contributed by atoms with van der Waals surface area (Å²) in [5.74, 6) is -0.0133. The summed E-state index contributed by atoms with van der Waals surface area (Å²) in [6.45, 7) is 1.86. The van der Waals surface area contributed by atoms with Crippen LogP contribution in [0.5, 0.6) is 11.5 Å². The van der Waals surface area contributed by atoms with Crippen molar-refractivity contribution in [3.05, 3.63) is 24.3 Å². The number of carbonyl (C=O) groups is 1. The topological polar surface area (TPSA) is 76.0 Å². The van der Waals surface area contributed by atoms with Crippen LogP contribution < -0.4 is 9.47 Å². The smallest absolute Gasteiger partial charge is 0.344 e. The van der Waals surface area contributed by atoms with Crippen LogP contribution in [-0.4, -0.2) is 35.5 Å². The molecule has 0 spiro atoms. The van der Waals surface area contributed by atoms with E-state index in [9.17, 15) is 4.79 Å². The van der Waals surface area contributed by atoms with Crippen LogP contribution in [0.4, 0.5) is 0 Å².